The van der Waals surface area contributed by atoms with E-state index in [0.29, 0.717) is 10.3 Å². The van der Waals surface area contributed by atoms with Gasteiger partial charge in [-0.05, 0) is 32.9 Å². The summed E-state index contributed by atoms with van der Waals surface area (Å²) in [5.74, 6) is -0.557. The Morgan fingerprint density at radius 1 is 1.26 bits per heavy atom. The highest BCUT2D eigenvalue weighted by atomic mass is 16.6. The highest BCUT2D eigenvalue weighted by Gasteiger charge is 2.37. The lowest BCUT2D eigenvalue weighted by molar-refractivity contribution is -0.446. The molecule has 1 aliphatic rings. The Morgan fingerprint density at radius 3 is 2.52 bits per heavy atom. The van der Waals surface area contributed by atoms with Crippen LogP contribution in [0.3, 0.4) is 0 Å². The van der Waals surface area contributed by atoms with Crippen LogP contribution in [0.5, 0.6) is 0 Å². The number of alkyl carbamates (subject to hydrolysis) is 1. The van der Waals surface area contributed by atoms with Gasteiger partial charge in [-0.1, -0.05) is 18.2 Å². The van der Waals surface area contributed by atoms with Crippen molar-refractivity contribution in [1.82, 2.24) is 5.32 Å². The summed E-state index contributed by atoms with van der Waals surface area (Å²) < 4.78 is 11.1. The molecule has 7 heteroatoms. The second-order valence-electron chi connectivity index (χ2n) is 6.24. The molecule has 23 heavy (non-hydrogen) atoms. The summed E-state index contributed by atoms with van der Waals surface area (Å²) in [7, 11) is 0. The van der Waals surface area contributed by atoms with Gasteiger partial charge in [-0.25, -0.2) is 14.3 Å². The van der Waals surface area contributed by atoms with E-state index >= 15 is 0 Å². The molecule has 0 aliphatic carbocycles. The predicted octanol–water partition coefficient (Wildman–Crippen LogP) is 1.70. The fraction of sp³-hybridized carbons (Fsp3) is 0.438. The first-order valence-corrected chi connectivity index (χ1v) is 7.29. The molecule has 0 saturated heterocycles. The fourth-order valence-corrected chi connectivity index (χ4v) is 2.09. The number of nitrogens with zero attached hydrogens (tertiary/aromatic N) is 1. The highest BCUT2D eigenvalue weighted by Crippen LogP contribution is 2.12. The molecule has 0 radical (unpaired) electrons. The third kappa shape index (κ3) is 4.98. The van der Waals surface area contributed by atoms with Crippen LogP contribution in [0.15, 0.2) is 30.3 Å². The van der Waals surface area contributed by atoms with Gasteiger partial charge in [-0.3, -0.25) is 0 Å². The molecule has 0 bridgehead atoms. The highest BCUT2D eigenvalue weighted by molar-refractivity contribution is 5.90. The molecule has 2 atom stereocenters. The van der Waals surface area contributed by atoms with Crippen LogP contribution in [0.1, 0.15) is 31.1 Å². The smallest absolute Gasteiger partial charge is 0.408 e. The number of hydrogen-bond donors (Lipinski definition) is 1. The molecule has 0 aromatic heterocycles. The van der Waals surface area contributed by atoms with Gasteiger partial charge < -0.3 is 20.0 Å². The normalized spacial score (nSPS) is 20.6. The van der Waals surface area contributed by atoms with Crippen molar-refractivity contribution < 1.29 is 23.8 Å². The molecule has 1 amide bonds. The van der Waals surface area contributed by atoms with Crippen molar-refractivity contribution >= 4 is 18.3 Å². The third-order valence-corrected chi connectivity index (χ3v) is 3.04. The van der Waals surface area contributed by atoms with Gasteiger partial charge in [0.25, 0.3) is 0 Å². The number of ether oxygens (including phenoxy) is 2. The molecular formula is C16H20N2O5. The molecule has 0 fully saturated rings. The molecule has 1 N–H and O–H groups in total. The molecular weight excluding hydrogens is 300 g/mol. The maximum Gasteiger partial charge on any atom is 0.408 e. The van der Waals surface area contributed by atoms with Gasteiger partial charge in [0, 0.05) is 0 Å². The molecule has 1 aromatic carbocycles. The van der Waals surface area contributed by atoms with E-state index in [0.717, 1.165) is 0 Å². The summed E-state index contributed by atoms with van der Waals surface area (Å²) in [5, 5.41) is 14.1. The van der Waals surface area contributed by atoms with Crippen LogP contribution < -0.4 is 5.32 Å². The zero-order valence-electron chi connectivity index (χ0n) is 13.3. The summed E-state index contributed by atoms with van der Waals surface area (Å²) in [6.07, 6.45) is -0.275. The van der Waals surface area contributed by atoms with E-state index in [1.54, 1.807) is 51.1 Å². The van der Waals surface area contributed by atoms with Crippen LogP contribution in [0.25, 0.3) is 0 Å². The quantitative estimate of drug-likeness (QED) is 0.520. The summed E-state index contributed by atoms with van der Waals surface area (Å²) in [6.45, 7) is 5.20. The Morgan fingerprint density at radius 2 is 1.91 bits per heavy atom. The van der Waals surface area contributed by atoms with Crippen molar-refractivity contribution in [3.63, 3.8) is 0 Å². The predicted molar refractivity (Wildman–Crippen MR) is 83.4 cm³/mol. The van der Waals surface area contributed by atoms with E-state index < -0.39 is 29.8 Å². The number of carbonyl (C=O) groups is 2. The zero-order chi connectivity index (χ0) is 17.0. The van der Waals surface area contributed by atoms with Gasteiger partial charge in [0.05, 0.1) is 5.56 Å². The minimum absolute atomic E-state index is 0.00796. The van der Waals surface area contributed by atoms with Gasteiger partial charge in [-0.2, -0.15) is 0 Å². The van der Waals surface area contributed by atoms with E-state index in [1.165, 1.54) is 6.21 Å². The molecule has 1 heterocycles. The number of carbonyl (C=O) groups excluding carboxylic acids is 2. The lowest BCUT2D eigenvalue weighted by Crippen LogP contribution is -2.47. The summed E-state index contributed by atoms with van der Waals surface area (Å²) in [6, 6.07) is 7.78. The Balaban J connectivity index is 1.99. The maximum atomic E-state index is 12.1. The third-order valence-electron chi connectivity index (χ3n) is 3.04. The van der Waals surface area contributed by atoms with Gasteiger partial charge in [-0.15, -0.1) is 0 Å². The summed E-state index contributed by atoms with van der Waals surface area (Å²) in [4.78, 5) is 23.9. The molecule has 7 nitrogen and oxygen atoms in total. The second-order valence-corrected chi connectivity index (χ2v) is 6.24. The first kappa shape index (κ1) is 16.8. The summed E-state index contributed by atoms with van der Waals surface area (Å²) >= 11 is 0. The van der Waals surface area contributed by atoms with Crippen LogP contribution in [-0.2, 0) is 9.47 Å². The fourth-order valence-electron chi connectivity index (χ4n) is 2.09. The van der Waals surface area contributed by atoms with E-state index in [9.17, 15) is 14.8 Å². The number of benzene rings is 1. The first-order chi connectivity index (χ1) is 10.7. The summed E-state index contributed by atoms with van der Waals surface area (Å²) in [5.41, 5.74) is -0.277. The zero-order valence-corrected chi connectivity index (χ0v) is 13.3. The van der Waals surface area contributed by atoms with Gasteiger partial charge in [0.1, 0.15) is 11.6 Å². The maximum absolute atomic E-state index is 12.1. The van der Waals surface area contributed by atoms with Crippen LogP contribution in [0, 0.1) is 5.21 Å². The minimum atomic E-state index is -0.840. The number of amides is 1. The minimum Gasteiger partial charge on any atom is -0.624 e. The van der Waals surface area contributed by atoms with Crippen molar-refractivity contribution in [1.29, 1.82) is 0 Å². The molecule has 0 unspecified atom stereocenters. The molecule has 0 spiro atoms. The van der Waals surface area contributed by atoms with Gasteiger partial charge >= 0.3 is 12.1 Å². The monoisotopic (exact) mass is 320 g/mol. The number of esters is 1. The Bertz CT molecular complexity index is 607. The van der Waals surface area contributed by atoms with Crippen molar-refractivity contribution in [2.75, 3.05) is 6.54 Å². The van der Waals surface area contributed by atoms with Crippen molar-refractivity contribution in [3.05, 3.63) is 41.1 Å². The van der Waals surface area contributed by atoms with Crippen molar-refractivity contribution in [2.45, 2.75) is 38.5 Å². The molecule has 2 rings (SSSR count). The van der Waals surface area contributed by atoms with Gasteiger partial charge in [0.15, 0.2) is 12.8 Å². The second kappa shape index (κ2) is 6.68. The number of hydrogen-bond acceptors (Lipinski definition) is 5. The SMILES string of the molecule is CC(C)(C)OC(=O)N[C@@H]1C[N+]([O-])=C[C@@H]1OC(=O)c1ccccc1. The number of nitrogens with one attached hydrogen (secondary N) is 1. The van der Waals surface area contributed by atoms with Crippen LogP contribution >= 0.6 is 0 Å². The molecule has 124 valence electrons. The van der Waals surface area contributed by atoms with Crippen LogP contribution in [0.2, 0.25) is 0 Å². The largest absolute Gasteiger partial charge is 0.624 e. The first-order valence-electron chi connectivity index (χ1n) is 7.29. The Labute approximate surface area is 134 Å². The topological polar surface area (TPSA) is 90.7 Å². The Kier molecular flexibility index (Phi) is 4.88. The average molecular weight is 320 g/mol. The van der Waals surface area contributed by atoms with E-state index in [-0.39, 0.29) is 6.54 Å². The van der Waals surface area contributed by atoms with Crippen molar-refractivity contribution in [3.8, 4) is 0 Å². The van der Waals surface area contributed by atoms with E-state index in [2.05, 4.69) is 5.32 Å². The number of rotatable bonds is 3. The van der Waals surface area contributed by atoms with Crippen LogP contribution in [0.4, 0.5) is 4.79 Å². The van der Waals surface area contributed by atoms with E-state index in [4.69, 9.17) is 9.47 Å². The standard InChI is InChI=1S/C16H20N2O5/c1-16(2,3)23-15(20)17-12-9-18(21)10-13(12)22-14(19)11-7-5-4-6-8-11/h4-8,10,12-13H,9H2,1-3H3,(H,17,20)/t12-,13+/m1/s1. The Hall–Kier alpha value is -2.57. The lowest BCUT2D eigenvalue weighted by Gasteiger charge is -2.22. The molecule has 0 saturated carbocycles. The molecule has 1 aliphatic heterocycles. The van der Waals surface area contributed by atoms with Crippen molar-refractivity contribution in [2.24, 2.45) is 0 Å². The van der Waals surface area contributed by atoms with E-state index in [1.807, 2.05) is 0 Å². The average Bonchev–Trinajstić information content (AvgIpc) is 2.77. The van der Waals surface area contributed by atoms with Crippen LogP contribution in [-0.4, -0.2) is 47.3 Å². The van der Waals surface area contributed by atoms with Gasteiger partial charge in [0.2, 0.25) is 6.10 Å². The molecule has 1 aromatic rings. The number of hydroxylamine groups is 1. The lowest BCUT2D eigenvalue weighted by atomic mass is 10.2.